The van der Waals surface area contributed by atoms with Crippen molar-refractivity contribution in [2.24, 2.45) is 0 Å². The third-order valence-corrected chi connectivity index (χ3v) is 5.61. The molecule has 0 amide bonds. The summed E-state index contributed by atoms with van der Waals surface area (Å²) in [6.07, 6.45) is 0. The van der Waals surface area contributed by atoms with E-state index < -0.39 is 5.97 Å². The highest BCUT2D eigenvalue weighted by Crippen LogP contribution is 2.31. The lowest BCUT2D eigenvalue weighted by atomic mass is 10.2. The van der Waals surface area contributed by atoms with Gasteiger partial charge in [0.2, 0.25) is 11.7 Å². The van der Waals surface area contributed by atoms with Gasteiger partial charge in [-0.05, 0) is 52.0 Å². The second-order valence-corrected chi connectivity index (χ2v) is 8.24. The van der Waals surface area contributed by atoms with Crippen molar-refractivity contribution in [1.29, 1.82) is 0 Å². The van der Waals surface area contributed by atoms with Gasteiger partial charge in [0.25, 0.3) is 0 Å². The number of aromatic nitrogens is 4. The van der Waals surface area contributed by atoms with Crippen LogP contribution in [0.4, 0.5) is 11.6 Å². The molecule has 0 saturated carbocycles. The fourth-order valence-corrected chi connectivity index (χ4v) is 3.84. The highest BCUT2D eigenvalue weighted by molar-refractivity contribution is 6.09. The summed E-state index contributed by atoms with van der Waals surface area (Å²) in [7, 11) is 0. The number of carbonyl (C=O) groups is 1. The first-order valence-electron chi connectivity index (χ1n) is 11.3. The maximum atomic E-state index is 12.7. The fraction of sp³-hybridized carbons (Fsp3) is 0.231. The first-order chi connectivity index (χ1) is 16.9. The van der Waals surface area contributed by atoms with Gasteiger partial charge >= 0.3 is 5.97 Å². The van der Waals surface area contributed by atoms with Crippen LogP contribution in [0.5, 0.6) is 5.75 Å². The molecule has 0 fully saturated rings. The SMILES string of the molecule is CCOC(=O)c1c(C)oc2nc(Nc3ccc(C)cc3)n3c(COc4ccc(C)cc4)nnc3c12. The molecule has 9 heteroatoms. The van der Waals surface area contributed by atoms with Crippen LogP contribution >= 0.6 is 0 Å². The first kappa shape index (κ1) is 22.4. The van der Waals surface area contributed by atoms with E-state index in [0.29, 0.717) is 39.9 Å². The number of benzene rings is 2. The Morgan fingerprint density at radius 3 is 2.37 bits per heavy atom. The Hall–Kier alpha value is -4.40. The summed E-state index contributed by atoms with van der Waals surface area (Å²) in [4.78, 5) is 17.4. The summed E-state index contributed by atoms with van der Waals surface area (Å²) >= 11 is 0. The molecule has 178 valence electrons. The summed E-state index contributed by atoms with van der Waals surface area (Å²) in [6, 6.07) is 15.7. The number of rotatable bonds is 7. The van der Waals surface area contributed by atoms with Crippen molar-refractivity contribution in [2.75, 3.05) is 11.9 Å². The predicted octanol–water partition coefficient (Wildman–Crippen LogP) is 5.30. The maximum Gasteiger partial charge on any atom is 0.342 e. The van der Waals surface area contributed by atoms with Gasteiger partial charge in [-0.2, -0.15) is 4.98 Å². The van der Waals surface area contributed by atoms with Crippen molar-refractivity contribution in [1.82, 2.24) is 19.6 Å². The second kappa shape index (κ2) is 9.09. The zero-order chi connectivity index (χ0) is 24.5. The van der Waals surface area contributed by atoms with Gasteiger partial charge in [-0.1, -0.05) is 35.4 Å². The monoisotopic (exact) mass is 471 g/mol. The number of hydrogen-bond acceptors (Lipinski definition) is 8. The van der Waals surface area contributed by atoms with Crippen LogP contribution in [0.3, 0.4) is 0 Å². The van der Waals surface area contributed by atoms with Gasteiger partial charge in [0, 0.05) is 5.69 Å². The number of carbonyl (C=O) groups excluding carboxylic acids is 1. The Balaban J connectivity index is 1.65. The normalized spacial score (nSPS) is 11.2. The van der Waals surface area contributed by atoms with Crippen LogP contribution in [0, 0.1) is 20.8 Å². The van der Waals surface area contributed by atoms with Gasteiger partial charge in [-0.15, -0.1) is 10.2 Å². The van der Waals surface area contributed by atoms with Gasteiger partial charge in [0.15, 0.2) is 11.5 Å². The molecular weight excluding hydrogens is 446 g/mol. The minimum absolute atomic E-state index is 0.144. The Labute approximate surface area is 201 Å². The molecule has 0 saturated heterocycles. The molecule has 0 spiro atoms. The minimum atomic E-state index is -0.493. The van der Waals surface area contributed by atoms with Gasteiger partial charge < -0.3 is 19.2 Å². The number of esters is 1. The topological polar surface area (TPSA) is 104 Å². The Morgan fingerprint density at radius 1 is 1.00 bits per heavy atom. The Kier molecular flexibility index (Phi) is 5.82. The van der Waals surface area contributed by atoms with E-state index >= 15 is 0 Å². The lowest BCUT2D eigenvalue weighted by molar-refractivity contribution is 0.0526. The number of ether oxygens (including phenoxy) is 2. The van der Waals surface area contributed by atoms with E-state index in [0.717, 1.165) is 16.8 Å². The molecule has 0 bridgehead atoms. The van der Waals surface area contributed by atoms with E-state index in [4.69, 9.17) is 13.9 Å². The fourth-order valence-electron chi connectivity index (χ4n) is 3.84. The van der Waals surface area contributed by atoms with Crippen molar-refractivity contribution in [3.63, 3.8) is 0 Å². The summed E-state index contributed by atoms with van der Waals surface area (Å²) in [5.41, 5.74) is 4.10. The van der Waals surface area contributed by atoms with Crippen molar-refractivity contribution in [3.05, 3.63) is 76.8 Å². The molecule has 0 radical (unpaired) electrons. The molecule has 0 aliphatic rings. The summed E-state index contributed by atoms with van der Waals surface area (Å²) in [6.45, 7) is 7.88. The Bertz CT molecular complexity index is 1520. The average molecular weight is 472 g/mol. The van der Waals surface area contributed by atoms with Gasteiger partial charge in [-0.25, -0.2) is 9.20 Å². The first-order valence-corrected chi connectivity index (χ1v) is 11.3. The van der Waals surface area contributed by atoms with Crippen molar-refractivity contribution < 1.29 is 18.7 Å². The van der Waals surface area contributed by atoms with Crippen LogP contribution in [-0.4, -0.2) is 32.2 Å². The quantitative estimate of drug-likeness (QED) is 0.319. The van der Waals surface area contributed by atoms with Crippen molar-refractivity contribution >= 4 is 34.4 Å². The molecule has 9 nitrogen and oxygen atoms in total. The number of nitrogens with zero attached hydrogens (tertiary/aromatic N) is 4. The van der Waals surface area contributed by atoms with Crippen LogP contribution in [-0.2, 0) is 11.3 Å². The molecule has 2 aromatic carbocycles. The van der Waals surface area contributed by atoms with Gasteiger partial charge in [0.1, 0.15) is 29.1 Å². The number of hydrogen-bond donors (Lipinski definition) is 1. The molecule has 3 aromatic heterocycles. The lowest BCUT2D eigenvalue weighted by Gasteiger charge is -2.11. The van der Waals surface area contributed by atoms with E-state index in [2.05, 4.69) is 20.5 Å². The Morgan fingerprint density at radius 2 is 1.69 bits per heavy atom. The predicted molar refractivity (Wildman–Crippen MR) is 131 cm³/mol. The highest BCUT2D eigenvalue weighted by Gasteiger charge is 2.27. The number of aryl methyl sites for hydroxylation is 3. The van der Waals surface area contributed by atoms with Crippen LogP contribution in [0.15, 0.2) is 52.9 Å². The molecular formula is C26H25N5O4. The zero-order valence-electron chi connectivity index (χ0n) is 20.0. The minimum Gasteiger partial charge on any atom is -0.486 e. The molecule has 3 heterocycles. The highest BCUT2D eigenvalue weighted by atomic mass is 16.5. The number of anilines is 2. The van der Waals surface area contributed by atoms with Crippen LogP contribution < -0.4 is 10.1 Å². The van der Waals surface area contributed by atoms with Crippen LogP contribution in [0.1, 0.15) is 40.0 Å². The van der Waals surface area contributed by atoms with Gasteiger partial charge in [0.05, 0.1) is 6.61 Å². The third-order valence-electron chi connectivity index (χ3n) is 5.61. The second-order valence-electron chi connectivity index (χ2n) is 8.24. The van der Waals surface area contributed by atoms with E-state index in [-0.39, 0.29) is 18.9 Å². The summed E-state index contributed by atoms with van der Waals surface area (Å²) in [5.74, 6) is 1.57. The van der Waals surface area contributed by atoms with Crippen LogP contribution in [0.25, 0.3) is 16.7 Å². The molecule has 0 unspecified atom stereocenters. The molecule has 5 aromatic rings. The molecule has 5 rings (SSSR count). The maximum absolute atomic E-state index is 12.7. The van der Waals surface area contributed by atoms with Gasteiger partial charge in [-0.3, -0.25) is 0 Å². The van der Waals surface area contributed by atoms with E-state index in [1.165, 1.54) is 0 Å². The molecule has 0 aliphatic carbocycles. The van der Waals surface area contributed by atoms with E-state index in [1.54, 1.807) is 18.2 Å². The molecule has 0 atom stereocenters. The number of nitrogens with one attached hydrogen (secondary N) is 1. The molecule has 1 N–H and O–H groups in total. The molecule has 35 heavy (non-hydrogen) atoms. The summed E-state index contributed by atoms with van der Waals surface area (Å²) < 4.78 is 18.8. The van der Waals surface area contributed by atoms with E-state index in [1.807, 2.05) is 62.4 Å². The van der Waals surface area contributed by atoms with Crippen LogP contribution in [0.2, 0.25) is 0 Å². The largest absolute Gasteiger partial charge is 0.486 e. The smallest absolute Gasteiger partial charge is 0.342 e. The van der Waals surface area contributed by atoms with Crippen molar-refractivity contribution in [3.8, 4) is 5.75 Å². The number of furan rings is 1. The average Bonchev–Trinajstić information content (AvgIpc) is 3.41. The third kappa shape index (κ3) is 4.28. The summed E-state index contributed by atoms with van der Waals surface area (Å²) in [5, 5.41) is 12.5. The lowest BCUT2D eigenvalue weighted by Crippen LogP contribution is -2.09. The van der Waals surface area contributed by atoms with E-state index in [9.17, 15) is 4.79 Å². The zero-order valence-corrected chi connectivity index (χ0v) is 20.0. The number of fused-ring (bicyclic) bond motifs is 3. The van der Waals surface area contributed by atoms with Crippen molar-refractivity contribution in [2.45, 2.75) is 34.3 Å². The molecule has 0 aliphatic heterocycles. The standard InChI is InChI=1S/C26H25N5O4/c1-5-33-25(32)21-17(4)35-24-22(21)23-30-29-20(14-34-19-12-8-16(3)9-13-19)31(23)26(28-24)27-18-10-6-15(2)7-11-18/h6-13H,5,14H2,1-4H3,(H,27,28).